The summed E-state index contributed by atoms with van der Waals surface area (Å²) in [6.07, 6.45) is 8.73. The molecule has 0 unspecified atom stereocenters. The van der Waals surface area contributed by atoms with Crippen molar-refractivity contribution in [3.8, 4) is 0 Å². The first-order valence-electron chi connectivity index (χ1n) is 7.09. The van der Waals surface area contributed by atoms with E-state index >= 15 is 0 Å². The van der Waals surface area contributed by atoms with Crippen LogP contribution in [0.15, 0.2) is 22.8 Å². The van der Waals surface area contributed by atoms with E-state index in [1.165, 1.54) is 12.8 Å². The summed E-state index contributed by atoms with van der Waals surface area (Å²) in [6, 6.07) is 2.14. The zero-order chi connectivity index (χ0) is 15.2. The smallest absolute Gasteiger partial charge is 0.165 e. The minimum atomic E-state index is 0.358. The Hall–Kier alpha value is -2.28. The third-order valence-corrected chi connectivity index (χ3v) is 3.69. The van der Waals surface area contributed by atoms with E-state index in [0.717, 1.165) is 24.0 Å². The zero-order valence-corrected chi connectivity index (χ0v) is 12.0. The molecule has 1 saturated carbocycles. The van der Waals surface area contributed by atoms with Crippen LogP contribution in [0.2, 0.25) is 0 Å². The summed E-state index contributed by atoms with van der Waals surface area (Å²) >= 11 is 0. The number of rotatable bonds is 5. The Bertz CT molecular complexity index is 544. The molecule has 7 heteroatoms. The van der Waals surface area contributed by atoms with Crippen molar-refractivity contribution in [3.05, 3.63) is 23.4 Å². The Morgan fingerprint density at radius 1 is 1.38 bits per heavy atom. The van der Waals surface area contributed by atoms with Crippen molar-refractivity contribution in [1.82, 2.24) is 4.98 Å². The molecule has 0 atom stereocenters. The molecule has 1 fully saturated rings. The molecule has 1 aromatic heterocycles. The molecule has 2 rings (SSSR count). The van der Waals surface area contributed by atoms with Gasteiger partial charge in [-0.3, -0.25) is 4.99 Å². The average Bonchev–Trinajstić information content (AvgIpc) is 2.99. The van der Waals surface area contributed by atoms with Gasteiger partial charge in [0.25, 0.3) is 0 Å². The Morgan fingerprint density at radius 2 is 2.10 bits per heavy atom. The van der Waals surface area contributed by atoms with Crippen LogP contribution in [0, 0.1) is 0 Å². The fraction of sp³-hybridized carbons (Fsp3) is 0.429. The highest BCUT2D eigenvalue weighted by molar-refractivity contribution is 5.81. The summed E-state index contributed by atoms with van der Waals surface area (Å²) in [7, 11) is 0. The maximum absolute atomic E-state index is 6.01. The van der Waals surface area contributed by atoms with Crippen LogP contribution in [-0.2, 0) is 6.42 Å². The van der Waals surface area contributed by atoms with Crippen LogP contribution in [0.3, 0.4) is 0 Å². The first-order chi connectivity index (χ1) is 10.1. The number of hydrogen-bond donors (Lipinski definition) is 5. The van der Waals surface area contributed by atoms with Crippen molar-refractivity contribution < 1.29 is 0 Å². The molecule has 114 valence electrons. The number of aromatic nitrogens is 1. The Morgan fingerprint density at radius 3 is 2.71 bits per heavy atom. The molecule has 0 aromatic carbocycles. The molecule has 0 spiro atoms. The maximum Gasteiger partial charge on any atom is 0.165 e. The van der Waals surface area contributed by atoms with Crippen LogP contribution < -0.4 is 28.5 Å². The largest absolute Gasteiger partial charge is 0.404 e. The summed E-state index contributed by atoms with van der Waals surface area (Å²) in [6.45, 7) is 0. The number of nitrogens with zero attached hydrogens (tertiary/aromatic N) is 2. The van der Waals surface area contributed by atoms with E-state index in [1.807, 2.05) is 6.21 Å². The van der Waals surface area contributed by atoms with Crippen LogP contribution in [0.25, 0.3) is 0 Å². The maximum atomic E-state index is 6.01. The summed E-state index contributed by atoms with van der Waals surface area (Å²) in [5.74, 6) is 6.11. The molecular weight excluding hydrogens is 266 g/mol. The molecule has 1 aliphatic rings. The van der Waals surface area contributed by atoms with E-state index in [1.54, 1.807) is 12.3 Å². The highest BCUT2D eigenvalue weighted by Gasteiger charge is 2.13. The molecule has 21 heavy (non-hydrogen) atoms. The quantitative estimate of drug-likeness (QED) is 0.310. The summed E-state index contributed by atoms with van der Waals surface area (Å²) in [4.78, 5) is 8.61. The molecular formula is C14H23N7. The molecule has 0 amide bonds. The van der Waals surface area contributed by atoms with Gasteiger partial charge in [-0.15, -0.1) is 0 Å². The lowest BCUT2D eigenvalue weighted by molar-refractivity contribution is 0.709. The van der Waals surface area contributed by atoms with E-state index in [9.17, 15) is 0 Å². The summed E-state index contributed by atoms with van der Waals surface area (Å²) in [5, 5.41) is 0. The molecule has 1 aromatic rings. The predicted octanol–water partition coefficient (Wildman–Crippen LogP) is 0.930. The Balaban J connectivity index is 2.13. The lowest BCUT2D eigenvalue weighted by Crippen LogP contribution is -2.14. The highest BCUT2D eigenvalue weighted by atomic mass is 15.3. The molecule has 0 radical (unpaired) electrons. The molecule has 1 aliphatic carbocycles. The second-order valence-corrected chi connectivity index (χ2v) is 5.25. The van der Waals surface area contributed by atoms with E-state index in [2.05, 4.69) is 15.4 Å². The topological polar surface area (TPSA) is 141 Å². The second kappa shape index (κ2) is 6.94. The normalized spacial score (nSPS) is 16.7. The van der Waals surface area contributed by atoms with Crippen molar-refractivity contribution in [3.63, 3.8) is 0 Å². The average molecular weight is 289 g/mol. The van der Waals surface area contributed by atoms with Gasteiger partial charge < -0.3 is 22.6 Å². The number of hydrazine groups is 1. The number of nitrogens with two attached hydrogens (primary N) is 4. The van der Waals surface area contributed by atoms with Gasteiger partial charge >= 0.3 is 0 Å². The molecule has 1 heterocycles. The van der Waals surface area contributed by atoms with E-state index < -0.39 is 0 Å². The van der Waals surface area contributed by atoms with Gasteiger partial charge in [0.1, 0.15) is 5.82 Å². The van der Waals surface area contributed by atoms with Gasteiger partial charge in [0, 0.05) is 18.7 Å². The number of allylic oxidation sites excluding steroid dienone is 1. The van der Waals surface area contributed by atoms with Crippen LogP contribution in [0.1, 0.15) is 31.2 Å². The number of pyridine rings is 1. The number of nitrogen functional groups attached to an aromatic ring is 3. The highest BCUT2D eigenvalue weighted by Crippen LogP contribution is 2.25. The minimum Gasteiger partial charge on any atom is -0.404 e. The number of nitrogens with one attached hydrogen (secondary N) is 1. The van der Waals surface area contributed by atoms with Crippen molar-refractivity contribution in [1.29, 1.82) is 0 Å². The lowest BCUT2D eigenvalue weighted by atomic mass is 10.1. The standard InChI is InChI=1S/C14H23N7/c15-7-9(8-19-11-3-1-2-4-11)5-10-6-12(16)20-14(21-18)13(10)17/h6-8,11H,1-5,15,17-18H2,(H3,16,20,21). The zero-order valence-electron chi connectivity index (χ0n) is 12.0. The molecule has 0 saturated heterocycles. The summed E-state index contributed by atoms with van der Waals surface area (Å²) < 4.78 is 0. The van der Waals surface area contributed by atoms with Crippen molar-refractivity contribution in [2.24, 2.45) is 16.6 Å². The van der Waals surface area contributed by atoms with E-state index in [0.29, 0.717) is 29.8 Å². The van der Waals surface area contributed by atoms with Crippen LogP contribution >= 0.6 is 0 Å². The third-order valence-electron chi connectivity index (χ3n) is 3.69. The molecule has 9 N–H and O–H groups in total. The van der Waals surface area contributed by atoms with Gasteiger partial charge in [-0.1, -0.05) is 12.8 Å². The number of aliphatic imine (C=N–C) groups is 1. The summed E-state index contributed by atoms with van der Waals surface area (Å²) in [5.41, 5.74) is 22.1. The van der Waals surface area contributed by atoms with Gasteiger partial charge in [0.05, 0.1) is 5.69 Å². The Labute approximate surface area is 124 Å². The molecule has 0 bridgehead atoms. The van der Waals surface area contributed by atoms with Gasteiger partial charge in [-0.2, -0.15) is 0 Å². The van der Waals surface area contributed by atoms with Crippen molar-refractivity contribution >= 4 is 23.5 Å². The van der Waals surface area contributed by atoms with Crippen LogP contribution in [0.5, 0.6) is 0 Å². The van der Waals surface area contributed by atoms with Gasteiger partial charge in [-0.25, -0.2) is 10.8 Å². The monoisotopic (exact) mass is 289 g/mol. The van der Waals surface area contributed by atoms with Gasteiger partial charge in [-0.05, 0) is 36.2 Å². The van der Waals surface area contributed by atoms with Gasteiger partial charge in [0.2, 0.25) is 0 Å². The van der Waals surface area contributed by atoms with Crippen molar-refractivity contribution in [2.75, 3.05) is 16.9 Å². The van der Waals surface area contributed by atoms with Crippen LogP contribution in [-0.4, -0.2) is 17.2 Å². The number of hydrogen-bond acceptors (Lipinski definition) is 7. The van der Waals surface area contributed by atoms with E-state index in [4.69, 9.17) is 23.0 Å². The molecule has 0 aliphatic heterocycles. The second-order valence-electron chi connectivity index (χ2n) is 5.25. The first kappa shape index (κ1) is 15.1. The van der Waals surface area contributed by atoms with Gasteiger partial charge in [0.15, 0.2) is 5.82 Å². The first-order valence-corrected chi connectivity index (χ1v) is 7.09. The fourth-order valence-corrected chi connectivity index (χ4v) is 2.51. The Kier molecular flexibility index (Phi) is 4.99. The van der Waals surface area contributed by atoms with Crippen molar-refractivity contribution in [2.45, 2.75) is 38.1 Å². The SMILES string of the molecule is NC=C(C=NC1CCCC1)Cc1cc(N)nc(NN)c1N. The predicted molar refractivity (Wildman–Crippen MR) is 87.6 cm³/mol. The lowest BCUT2D eigenvalue weighted by Gasteiger charge is -2.11. The third kappa shape index (κ3) is 3.85. The van der Waals surface area contributed by atoms with E-state index in [-0.39, 0.29) is 0 Å². The van der Waals surface area contributed by atoms with Crippen LogP contribution in [0.4, 0.5) is 17.3 Å². The fourth-order valence-electron chi connectivity index (χ4n) is 2.51. The molecule has 7 nitrogen and oxygen atoms in total. The minimum absolute atomic E-state index is 0.358. The number of anilines is 3.